The van der Waals surface area contributed by atoms with E-state index in [9.17, 15) is 0 Å². The summed E-state index contributed by atoms with van der Waals surface area (Å²) in [6.07, 6.45) is 0. The molecule has 3 nitrogen and oxygen atoms in total. The number of para-hydroxylation sites is 2. The van der Waals surface area contributed by atoms with Gasteiger partial charge in [-0.15, -0.1) is 0 Å². The van der Waals surface area contributed by atoms with Crippen molar-refractivity contribution >= 4 is 60.4 Å². The third kappa shape index (κ3) is 2.60. The fourth-order valence-corrected chi connectivity index (χ4v) is 4.80. The van der Waals surface area contributed by atoms with Crippen molar-refractivity contribution in [1.29, 1.82) is 0 Å². The van der Waals surface area contributed by atoms with Crippen LogP contribution in [0.1, 0.15) is 12.5 Å². The van der Waals surface area contributed by atoms with Crippen LogP contribution < -0.4 is 0 Å². The van der Waals surface area contributed by atoms with Crippen molar-refractivity contribution in [2.24, 2.45) is 0 Å². The maximum absolute atomic E-state index is 6.42. The van der Waals surface area contributed by atoms with E-state index in [1.165, 1.54) is 0 Å². The summed E-state index contributed by atoms with van der Waals surface area (Å²) in [7, 11) is 0. The number of hydrogen-bond acceptors (Lipinski definition) is 3. The molecule has 0 saturated heterocycles. The summed E-state index contributed by atoms with van der Waals surface area (Å²) in [5.41, 5.74) is 8.43. The van der Waals surface area contributed by atoms with E-state index in [4.69, 9.17) is 13.8 Å². The molecular weight excluding hydrogens is 406 g/mol. The van der Waals surface area contributed by atoms with Crippen molar-refractivity contribution in [2.75, 3.05) is 0 Å². The Morgan fingerprint density at radius 3 is 2.15 bits per heavy atom. The van der Waals surface area contributed by atoms with Gasteiger partial charge >= 0.3 is 0 Å². The Balaban J connectivity index is 1.64. The molecule has 3 heteroatoms. The van der Waals surface area contributed by atoms with Crippen LogP contribution >= 0.6 is 0 Å². The number of furan rings is 2. The van der Waals surface area contributed by atoms with Crippen LogP contribution in [-0.4, -0.2) is 4.98 Å². The van der Waals surface area contributed by atoms with Gasteiger partial charge in [-0.25, -0.2) is 4.98 Å². The van der Waals surface area contributed by atoms with E-state index in [1.807, 2.05) is 43.3 Å². The second kappa shape index (κ2) is 6.57. The van der Waals surface area contributed by atoms with Crippen LogP contribution in [0.2, 0.25) is 0 Å². The van der Waals surface area contributed by atoms with Gasteiger partial charge in [0.05, 0.1) is 16.6 Å². The quantitative estimate of drug-likeness (QED) is 0.278. The molecule has 0 bridgehead atoms. The van der Waals surface area contributed by atoms with Crippen molar-refractivity contribution < 1.29 is 8.83 Å². The number of hydrogen-bond donors (Lipinski definition) is 0. The monoisotopic (exact) mass is 425 g/mol. The van der Waals surface area contributed by atoms with Gasteiger partial charge in [-0.3, -0.25) is 0 Å². The summed E-state index contributed by atoms with van der Waals surface area (Å²) in [6, 6.07) is 28.9. The molecule has 3 aromatic heterocycles. The van der Waals surface area contributed by atoms with Crippen LogP contribution in [0, 0.1) is 0 Å². The zero-order chi connectivity index (χ0) is 22.1. The van der Waals surface area contributed by atoms with Gasteiger partial charge in [-0.1, -0.05) is 72.8 Å². The van der Waals surface area contributed by atoms with E-state index in [1.54, 1.807) is 0 Å². The van der Waals surface area contributed by atoms with Gasteiger partial charge in [-0.05, 0) is 36.8 Å². The number of rotatable bonds is 2. The predicted octanol–water partition coefficient (Wildman–Crippen LogP) is 8.73. The molecule has 0 unspecified atom stereocenters. The second-order valence-electron chi connectivity index (χ2n) is 8.58. The van der Waals surface area contributed by atoms with Gasteiger partial charge < -0.3 is 8.83 Å². The zero-order valence-electron chi connectivity index (χ0n) is 18.1. The van der Waals surface area contributed by atoms with E-state index in [2.05, 4.69) is 55.1 Å². The van der Waals surface area contributed by atoms with Gasteiger partial charge in [0.15, 0.2) is 0 Å². The molecule has 0 amide bonds. The predicted molar refractivity (Wildman–Crippen MR) is 136 cm³/mol. The largest absolute Gasteiger partial charge is 0.456 e. The molecule has 156 valence electrons. The first kappa shape index (κ1) is 18.2. The fourth-order valence-electron chi connectivity index (χ4n) is 4.80. The lowest BCUT2D eigenvalue weighted by Crippen LogP contribution is -1.89. The van der Waals surface area contributed by atoms with E-state index >= 15 is 0 Å². The molecule has 0 aliphatic rings. The zero-order valence-corrected chi connectivity index (χ0v) is 18.1. The number of aromatic nitrogens is 1. The summed E-state index contributed by atoms with van der Waals surface area (Å²) in [5.74, 6) is 0. The SMILES string of the molecule is C=C(C)c1ccc(-c2nc3cc4c(cc3c3oc5ccccc5c23)oc2ccccc24)cc1. The maximum Gasteiger partial charge on any atom is 0.147 e. The van der Waals surface area contributed by atoms with Crippen LogP contribution in [-0.2, 0) is 0 Å². The number of pyridine rings is 1. The molecule has 0 saturated carbocycles. The van der Waals surface area contributed by atoms with Crippen molar-refractivity contribution in [3.63, 3.8) is 0 Å². The Bertz CT molecular complexity index is 1880. The molecule has 0 N–H and O–H groups in total. The molecule has 0 atom stereocenters. The van der Waals surface area contributed by atoms with Gasteiger partial charge in [-0.2, -0.15) is 0 Å². The van der Waals surface area contributed by atoms with Crippen LogP contribution in [0.4, 0.5) is 0 Å². The van der Waals surface area contributed by atoms with Gasteiger partial charge in [0.25, 0.3) is 0 Å². The molecule has 33 heavy (non-hydrogen) atoms. The molecule has 0 aliphatic heterocycles. The smallest absolute Gasteiger partial charge is 0.147 e. The second-order valence-corrected chi connectivity index (χ2v) is 8.58. The summed E-state index contributed by atoms with van der Waals surface area (Å²) in [5, 5.41) is 5.19. The highest BCUT2D eigenvalue weighted by Gasteiger charge is 2.19. The third-order valence-electron chi connectivity index (χ3n) is 6.46. The highest BCUT2D eigenvalue weighted by Crippen LogP contribution is 2.41. The van der Waals surface area contributed by atoms with Crippen molar-refractivity contribution in [2.45, 2.75) is 6.92 Å². The van der Waals surface area contributed by atoms with Crippen LogP contribution in [0.15, 0.2) is 100 Å². The highest BCUT2D eigenvalue weighted by molar-refractivity contribution is 6.21. The maximum atomic E-state index is 6.42. The standard InChI is InChI=1S/C30H19NO2/c1-17(2)18-11-13-19(14-12-18)29-28-21-8-4-6-10-26(21)33-30(28)23-16-27-22(15-24(23)31-29)20-7-3-5-9-25(20)32-27/h3-16H,1H2,2H3. The summed E-state index contributed by atoms with van der Waals surface area (Å²) in [6.45, 7) is 6.08. The molecule has 4 aromatic carbocycles. The first-order chi connectivity index (χ1) is 16.2. The molecule has 7 rings (SSSR count). The van der Waals surface area contributed by atoms with Gasteiger partial charge in [0, 0.05) is 27.1 Å². The Morgan fingerprint density at radius 1 is 0.697 bits per heavy atom. The molecular formula is C30H19NO2. The summed E-state index contributed by atoms with van der Waals surface area (Å²) < 4.78 is 12.6. The van der Waals surface area contributed by atoms with Crippen molar-refractivity contribution in [3.05, 3.63) is 97.1 Å². The number of fused-ring (bicyclic) bond motifs is 8. The molecule has 0 spiro atoms. The molecule has 7 aromatic rings. The minimum atomic E-state index is 0.836. The molecule has 0 fully saturated rings. The summed E-state index contributed by atoms with van der Waals surface area (Å²) >= 11 is 0. The van der Waals surface area contributed by atoms with Gasteiger partial charge in [0.2, 0.25) is 0 Å². The number of nitrogens with zero attached hydrogens (tertiary/aromatic N) is 1. The van der Waals surface area contributed by atoms with E-state index in [-0.39, 0.29) is 0 Å². The average Bonchev–Trinajstić information content (AvgIpc) is 3.41. The Labute approximate surface area is 189 Å². The fraction of sp³-hybridized carbons (Fsp3) is 0.0333. The molecule has 3 heterocycles. The van der Waals surface area contributed by atoms with Crippen molar-refractivity contribution in [1.82, 2.24) is 4.98 Å². The van der Waals surface area contributed by atoms with Crippen molar-refractivity contribution in [3.8, 4) is 11.3 Å². The average molecular weight is 425 g/mol. The van der Waals surface area contributed by atoms with Crippen LogP contribution in [0.25, 0.3) is 71.6 Å². The number of benzene rings is 4. The Hall–Kier alpha value is -4.37. The van der Waals surface area contributed by atoms with Gasteiger partial charge in [0.1, 0.15) is 22.3 Å². The number of allylic oxidation sites excluding steroid dienone is 1. The van der Waals surface area contributed by atoms with E-state index in [0.717, 1.165) is 77.2 Å². The first-order valence-corrected chi connectivity index (χ1v) is 11.0. The van der Waals surface area contributed by atoms with E-state index < -0.39 is 0 Å². The highest BCUT2D eigenvalue weighted by atomic mass is 16.3. The minimum absolute atomic E-state index is 0.836. The van der Waals surface area contributed by atoms with Crippen LogP contribution in [0.3, 0.4) is 0 Å². The topological polar surface area (TPSA) is 39.2 Å². The Kier molecular flexibility index (Phi) is 3.63. The van der Waals surface area contributed by atoms with Crippen LogP contribution in [0.5, 0.6) is 0 Å². The third-order valence-corrected chi connectivity index (χ3v) is 6.46. The molecule has 0 aliphatic carbocycles. The lowest BCUT2D eigenvalue weighted by molar-refractivity contribution is 0.666. The normalized spacial score (nSPS) is 11.9. The Morgan fingerprint density at radius 2 is 1.39 bits per heavy atom. The molecule has 0 radical (unpaired) electrons. The first-order valence-electron chi connectivity index (χ1n) is 11.0. The van der Waals surface area contributed by atoms with E-state index in [0.29, 0.717) is 0 Å². The lowest BCUT2D eigenvalue weighted by atomic mass is 9.99. The minimum Gasteiger partial charge on any atom is -0.456 e. The summed E-state index contributed by atoms with van der Waals surface area (Å²) in [4.78, 5) is 5.18. The lowest BCUT2D eigenvalue weighted by Gasteiger charge is -2.08.